The van der Waals surface area contributed by atoms with Crippen molar-refractivity contribution in [1.29, 1.82) is 0 Å². The minimum absolute atomic E-state index is 0.0652. The quantitative estimate of drug-likeness (QED) is 0.380. The number of thiophene rings is 1. The maximum absolute atomic E-state index is 12.0. The first-order chi connectivity index (χ1) is 12.9. The highest BCUT2D eigenvalue weighted by Gasteiger charge is 2.17. The molecule has 0 atom stereocenters. The molecular weight excluding hydrogens is 390 g/mol. The number of anilines is 1. The van der Waals surface area contributed by atoms with E-state index in [9.17, 15) is 19.7 Å². The second-order valence-electron chi connectivity index (χ2n) is 5.35. The lowest BCUT2D eigenvalue weighted by molar-refractivity contribution is -0.380. The number of aromatic nitrogens is 1. The lowest BCUT2D eigenvalue weighted by Crippen LogP contribution is -2.20. The molecule has 2 heterocycles. The number of hydrogen-bond donors (Lipinski definition) is 1. The molecule has 2 aromatic heterocycles. The summed E-state index contributed by atoms with van der Waals surface area (Å²) in [7, 11) is 0. The van der Waals surface area contributed by atoms with Crippen molar-refractivity contribution in [3.8, 4) is 11.3 Å². The average Bonchev–Trinajstić information content (AvgIpc) is 3.29. The number of ether oxygens (including phenoxy) is 1. The first-order valence-corrected chi connectivity index (χ1v) is 9.36. The summed E-state index contributed by atoms with van der Waals surface area (Å²) < 4.78 is 4.90. The molecular formula is C17H13N3O5S2. The Bertz CT molecular complexity index is 1010. The fourth-order valence-electron chi connectivity index (χ4n) is 2.19. The highest BCUT2D eigenvalue weighted by Crippen LogP contribution is 2.25. The van der Waals surface area contributed by atoms with E-state index in [2.05, 4.69) is 10.3 Å². The maximum atomic E-state index is 12.0. The smallest absolute Gasteiger partial charge is 0.349 e. The van der Waals surface area contributed by atoms with Crippen molar-refractivity contribution in [1.82, 2.24) is 4.98 Å². The predicted octanol–water partition coefficient (Wildman–Crippen LogP) is 3.88. The monoisotopic (exact) mass is 403 g/mol. The molecule has 0 radical (unpaired) electrons. The van der Waals surface area contributed by atoms with Crippen LogP contribution in [0.3, 0.4) is 0 Å². The molecule has 8 nitrogen and oxygen atoms in total. The van der Waals surface area contributed by atoms with Gasteiger partial charge in [0.25, 0.3) is 5.91 Å². The minimum atomic E-state index is -0.782. The number of hydrogen-bond acceptors (Lipinski definition) is 8. The zero-order valence-corrected chi connectivity index (χ0v) is 15.6. The Labute approximate surface area is 161 Å². The number of rotatable bonds is 6. The highest BCUT2D eigenvalue weighted by atomic mass is 32.1. The molecule has 0 unspecified atom stereocenters. The Balaban J connectivity index is 1.57. The lowest BCUT2D eigenvalue weighted by atomic mass is 10.1. The number of nitrogens with zero attached hydrogens (tertiary/aromatic N) is 2. The molecule has 0 aliphatic carbocycles. The van der Waals surface area contributed by atoms with Crippen molar-refractivity contribution in [2.45, 2.75) is 6.92 Å². The zero-order chi connectivity index (χ0) is 19.4. The van der Waals surface area contributed by atoms with Crippen molar-refractivity contribution < 1.29 is 19.2 Å². The van der Waals surface area contributed by atoms with Crippen LogP contribution in [0.25, 0.3) is 11.3 Å². The Morgan fingerprint density at radius 1 is 1.30 bits per heavy atom. The summed E-state index contributed by atoms with van der Waals surface area (Å²) in [6.45, 7) is 1.42. The number of carbonyl (C=O) groups excluding carboxylic acids is 2. The van der Waals surface area contributed by atoms with Crippen molar-refractivity contribution in [2.24, 2.45) is 0 Å². The van der Waals surface area contributed by atoms with Crippen LogP contribution in [0.2, 0.25) is 0 Å². The van der Waals surface area contributed by atoms with E-state index in [1.165, 1.54) is 23.5 Å². The number of benzene rings is 1. The zero-order valence-electron chi connectivity index (χ0n) is 14.0. The van der Waals surface area contributed by atoms with Crippen LogP contribution in [-0.2, 0) is 9.53 Å². The van der Waals surface area contributed by atoms with Crippen molar-refractivity contribution in [2.75, 3.05) is 11.9 Å². The molecule has 0 saturated heterocycles. The molecule has 27 heavy (non-hydrogen) atoms. The number of aryl methyl sites for hydroxylation is 1. The van der Waals surface area contributed by atoms with E-state index >= 15 is 0 Å². The van der Waals surface area contributed by atoms with Gasteiger partial charge in [-0.25, -0.2) is 9.78 Å². The molecule has 3 rings (SSSR count). The first-order valence-electron chi connectivity index (χ1n) is 7.66. The van der Waals surface area contributed by atoms with Crippen molar-refractivity contribution >= 4 is 45.2 Å². The average molecular weight is 403 g/mol. The summed E-state index contributed by atoms with van der Waals surface area (Å²) >= 11 is 2.23. The largest absolute Gasteiger partial charge is 0.451 e. The van der Waals surface area contributed by atoms with Gasteiger partial charge in [0.2, 0.25) is 0 Å². The molecule has 3 aromatic rings. The van der Waals surface area contributed by atoms with Crippen LogP contribution in [0, 0.1) is 17.0 Å². The van der Waals surface area contributed by atoms with Crippen LogP contribution in [0.5, 0.6) is 0 Å². The second kappa shape index (κ2) is 8.06. The molecule has 0 aliphatic rings. The third-order valence-corrected chi connectivity index (χ3v) is 5.16. The third-order valence-electron chi connectivity index (χ3n) is 3.37. The Morgan fingerprint density at radius 2 is 2.11 bits per heavy atom. The number of nitrogens with one attached hydrogen (secondary N) is 1. The van der Waals surface area contributed by atoms with Gasteiger partial charge in [0.15, 0.2) is 6.61 Å². The van der Waals surface area contributed by atoms with Gasteiger partial charge in [-0.2, -0.15) is 0 Å². The predicted molar refractivity (Wildman–Crippen MR) is 102 cm³/mol. The molecule has 138 valence electrons. The van der Waals surface area contributed by atoms with Crippen molar-refractivity contribution in [3.63, 3.8) is 0 Å². The van der Waals surface area contributed by atoms with E-state index in [0.29, 0.717) is 17.0 Å². The fraction of sp³-hybridized carbons (Fsp3) is 0.118. The Hall–Kier alpha value is -3.11. The van der Waals surface area contributed by atoms with E-state index in [-0.39, 0.29) is 9.88 Å². The van der Waals surface area contributed by atoms with Crippen LogP contribution < -0.4 is 5.32 Å². The van der Waals surface area contributed by atoms with Gasteiger partial charge in [-0.3, -0.25) is 14.9 Å². The molecule has 1 aromatic carbocycles. The van der Waals surface area contributed by atoms with Gasteiger partial charge < -0.3 is 10.1 Å². The third kappa shape index (κ3) is 4.74. The van der Waals surface area contributed by atoms with E-state index in [4.69, 9.17) is 4.74 Å². The van der Waals surface area contributed by atoms with Gasteiger partial charge in [-0.05, 0) is 25.1 Å². The van der Waals surface area contributed by atoms with Crippen LogP contribution in [-0.4, -0.2) is 28.4 Å². The Kier molecular flexibility index (Phi) is 5.57. The summed E-state index contributed by atoms with van der Waals surface area (Å²) in [6, 6.07) is 9.67. The molecule has 0 fully saturated rings. The van der Waals surface area contributed by atoms with E-state index in [0.717, 1.165) is 16.3 Å². The number of esters is 1. The minimum Gasteiger partial charge on any atom is -0.451 e. The van der Waals surface area contributed by atoms with Crippen LogP contribution in [0.4, 0.5) is 10.7 Å². The summed E-state index contributed by atoms with van der Waals surface area (Å²) in [6.07, 6.45) is 0. The molecule has 1 amide bonds. The number of carbonyl (C=O) groups is 2. The van der Waals surface area contributed by atoms with Gasteiger partial charge in [-0.1, -0.05) is 23.5 Å². The summed E-state index contributed by atoms with van der Waals surface area (Å²) in [4.78, 5) is 38.4. The molecule has 10 heteroatoms. The lowest BCUT2D eigenvalue weighted by Gasteiger charge is -2.07. The molecule has 1 N–H and O–H groups in total. The summed E-state index contributed by atoms with van der Waals surface area (Å²) in [5.41, 5.74) is 2.23. The maximum Gasteiger partial charge on any atom is 0.349 e. The van der Waals surface area contributed by atoms with Crippen LogP contribution in [0.15, 0.2) is 41.8 Å². The van der Waals surface area contributed by atoms with Gasteiger partial charge in [0.1, 0.15) is 4.88 Å². The van der Waals surface area contributed by atoms with Gasteiger partial charge in [0, 0.05) is 22.7 Å². The fourth-order valence-corrected chi connectivity index (χ4v) is 3.52. The Morgan fingerprint density at radius 3 is 2.78 bits per heavy atom. The number of nitro groups is 1. The second-order valence-corrected chi connectivity index (χ2v) is 7.48. The van der Waals surface area contributed by atoms with E-state index in [1.54, 1.807) is 18.2 Å². The molecule has 0 saturated carbocycles. The standard InChI is InChI=1S/C17H13N3O5S2/c1-10-18-13(9-26-10)11-3-2-4-12(7-11)19-15(21)8-25-17(22)14-5-6-16(27-14)20(23)24/h2-7,9H,8H2,1H3,(H,19,21). The van der Waals surface area contributed by atoms with Crippen molar-refractivity contribution in [3.05, 3.63) is 61.8 Å². The van der Waals surface area contributed by atoms with Gasteiger partial charge in [-0.15, -0.1) is 11.3 Å². The number of thiazole rings is 1. The van der Waals surface area contributed by atoms with Gasteiger partial charge >= 0.3 is 11.0 Å². The van der Waals surface area contributed by atoms with Crippen LogP contribution >= 0.6 is 22.7 Å². The number of amides is 1. The molecule has 0 spiro atoms. The normalized spacial score (nSPS) is 10.4. The summed E-state index contributed by atoms with van der Waals surface area (Å²) in [5, 5.41) is 16.0. The SMILES string of the molecule is Cc1nc(-c2cccc(NC(=O)COC(=O)c3ccc([N+](=O)[O-])s3)c2)cs1. The first kappa shape index (κ1) is 18.7. The van der Waals surface area contributed by atoms with E-state index < -0.39 is 23.4 Å². The topological polar surface area (TPSA) is 111 Å². The molecule has 0 aliphatic heterocycles. The van der Waals surface area contributed by atoms with E-state index in [1.807, 2.05) is 18.4 Å². The molecule has 0 bridgehead atoms. The summed E-state index contributed by atoms with van der Waals surface area (Å²) in [5.74, 6) is -1.30. The highest BCUT2D eigenvalue weighted by molar-refractivity contribution is 7.17. The van der Waals surface area contributed by atoms with Gasteiger partial charge in [0.05, 0.1) is 15.6 Å². The van der Waals surface area contributed by atoms with Crippen LogP contribution in [0.1, 0.15) is 14.7 Å².